The number of nitrogens with zero attached hydrogens (tertiary/aromatic N) is 3. The summed E-state index contributed by atoms with van der Waals surface area (Å²) in [6.45, 7) is 10.4. The Hall–Kier alpha value is -6.36. The van der Waals surface area contributed by atoms with E-state index >= 15 is 0 Å². The molecule has 1 heterocycles. The number of benzene rings is 1. The lowest BCUT2D eigenvalue weighted by Gasteiger charge is -2.35. The molecular weight excluding hydrogens is 857 g/mol. The predicted octanol–water partition coefficient (Wildman–Crippen LogP) is 0.291. The molecule has 23 nitrogen and oxygen atoms in total. The molecule has 1 fully saturated rings. The summed E-state index contributed by atoms with van der Waals surface area (Å²) in [6, 6.07) is 0.406. The summed E-state index contributed by atoms with van der Waals surface area (Å²) in [6.07, 6.45) is -2.40. The molecule has 65 heavy (non-hydrogen) atoms. The zero-order chi connectivity index (χ0) is 49.0. The number of hydrogen-bond acceptors (Lipinski definition) is 13. The minimum absolute atomic E-state index is 0.0200. The number of hydrazine groups is 1. The van der Waals surface area contributed by atoms with Gasteiger partial charge in [-0.25, -0.2) is 14.9 Å². The number of carboxylic acids is 2. The molecule has 0 bridgehead atoms. The van der Waals surface area contributed by atoms with E-state index in [0.29, 0.717) is 6.42 Å². The van der Waals surface area contributed by atoms with Crippen molar-refractivity contribution < 1.29 is 72.8 Å². The maximum atomic E-state index is 14.6. The van der Waals surface area contributed by atoms with Gasteiger partial charge in [-0.2, -0.15) is 0 Å². The van der Waals surface area contributed by atoms with Gasteiger partial charge in [-0.05, 0) is 37.2 Å². The number of carbonyl (C=O) groups is 10. The maximum Gasteiger partial charge on any atom is 0.336 e. The zero-order valence-corrected chi connectivity index (χ0v) is 37.9. The van der Waals surface area contributed by atoms with E-state index in [-0.39, 0.29) is 44.2 Å². The van der Waals surface area contributed by atoms with Gasteiger partial charge in [0.25, 0.3) is 11.8 Å². The fourth-order valence-corrected chi connectivity index (χ4v) is 6.78. The molecular formula is C42H64N8O15. The summed E-state index contributed by atoms with van der Waals surface area (Å²) in [7, 11) is 0. The molecule has 8 amide bonds. The van der Waals surface area contributed by atoms with Crippen molar-refractivity contribution in [3.8, 4) is 0 Å². The third-order valence-corrected chi connectivity index (χ3v) is 10.3. The van der Waals surface area contributed by atoms with Gasteiger partial charge in [-0.15, -0.1) is 0 Å². The van der Waals surface area contributed by atoms with Gasteiger partial charge in [0.15, 0.2) is 0 Å². The first kappa shape index (κ1) is 54.8. The summed E-state index contributed by atoms with van der Waals surface area (Å²) in [5, 5.41) is 40.4. The molecule has 8 N–H and O–H groups in total. The summed E-state index contributed by atoms with van der Waals surface area (Å²) in [4.78, 5) is 131. The van der Waals surface area contributed by atoms with Gasteiger partial charge in [0.1, 0.15) is 36.8 Å². The lowest BCUT2D eigenvalue weighted by molar-refractivity contribution is -0.187. The Labute approximate surface area is 377 Å². The number of carbonyl (C=O) groups excluding carboxylic acids is 8. The second kappa shape index (κ2) is 27.1. The second-order valence-electron chi connectivity index (χ2n) is 15.8. The molecule has 0 aliphatic carbocycles. The molecule has 1 aromatic rings. The van der Waals surface area contributed by atoms with E-state index in [9.17, 15) is 63.4 Å². The SMILES string of the molecule is CCCN(NC(=O)[C@@H]1C[C@@H](OCc2ccccc2)CN1C(=O)[C@@H](NC(=O)[C@H]([C@@H](C)CC)N(O)C(=O)[C@@H](CCC(=O)O)NC(=O)[C@H](CC(=O)O)NC(C)=O)C(C)C)C(=O)NCC(=O)OCC. The van der Waals surface area contributed by atoms with Crippen LogP contribution in [0.2, 0.25) is 0 Å². The van der Waals surface area contributed by atoms with Crippen LogP contribution in [0.5, 0.6) is 0 Å². The van der Waals surface area contributed by atoms with Crippen molar-refractivity contribution in [3.05, 3.63) is 35.9 Å². The molecule has 1 aliphatic heterocycles. The molecule has 0 saturated carbocycles. The van der Waals surface area contributed by atoms with Crippen molar-refractivity contribution in [2.75, 3.05) is 26.2 Å². The van der Waals surface area contributed by atoms with E-state index < -0.39 is 133 Å². The Morgan fingerprint density at radius 1 is 0.877 bits per heavy atom. The number of amides is 8. The van der Waals surface area contributed by atoms with Gasteiger partial charge in [0.05, 0.1) is 25.7 Å². The number of aliphatic carboxylic acids is 2. The van der Waals surface area contributed by atoms with Crippen LogP contribution in [0.1, 0.15) is 92.6 Å². The Morgan fingerprint density at radius 2 is 1.54 bits per heavy atom. The molecule has 362 valence electrons. The standard InChI is InChI=1S/C42H64N8O15/c1-8-18-49(42(62)43-21-34(56)64-10-3)47-38(58)31-19-28(65-23-27-14-12-11-13-15-27)22-48(31)41(61)35(24(4)5)46-39(59)36(25(6)9-2)50(63)40(60)29(16-17-32(52)53)45-37(57)30(20-33(54)55)44-26(7)51/h11-15,24-25,28-31,35-36,63H,8-10,16-23H2,1-7H3,(H,43,62)(H,44,51)(H,45,57)(H,46,59)(H,47,58)(H,52,53)(H,54,55)/t25-,28+,29+,30-,31-,35-,36-/m0/s1. The molecule has 0 aromatic heterocycles. The van der Waals surface area contributed by atoms with E-state index in [0.717, 1.165) is 17.5 Å². The Balaban J connectivity index is 2.47. The predicted molar refractivity (Wildman–Crippen MR) is 228 cm³/mol. The average molecular weight is 921 g/mol. The summed E-state index contributed by atoms with van der Waals surface area (Å²) in [5.74, 6) is -10.9. The lowest BCUT2D eigenvalue weighted by atomic mass is 9.95. The van der Waals surface area contributed by atoms with Gasteiger partial charge in [-0.3, -0.25) is 53.8 Å². The van der Waals surface area contributed by atoms with E-state index in [2.05, 4.69) is 26.7 Å². The van der Waals surface area contributed by atoms with Crippen LogP contribution in [0, 0.1) is 11.8 Å². The Morgan fingerprint density at radius 3 is 2.09 bits per heavy atom. The number of urea groups is 1. The third kappa shape index (κ3) is 17.6. The second-order valence-corrected chi connectivity index (χ2v) is 15.8. The molecule has 1 saturated heterocycles. The van der Waals surface area contributed by atoms with Crippen molar-refractivity contribution in [2.45, 2.75) is 130 Å². The highest BCUT2D eigenvalue weighted by Gasteiger charge is 2.45. The fourth-order valence-electron chi connectivity index (χ4n) is 6.78. The maximum absolute atomic E-state index is 14.6. The number of rotatable bonds is 25. The van der Waals surface area contributed by atoms with Crippen molar-refractivity contribution in [1.29, 1.82) is 0 Å². The van der Waals surface area contributed by atoms with Crippen LogP contribution in [-0.4, -0.2) is 152 Å². The van der Waals surface area contributed by atoms with Gasteiger partial charge >= 0.3 is 23.9 Å². The van der Waals surface area contributed by atoms with E-state index in [1.54, 1.807) is 34.6 Å². The first-order valence-electron chi connectivity index (χ1n) is 21.5. The number of nitrogens with one attached hydrogen (secondary N) is 5. The molecule has 2 rings (SSSR count). The highest BCUT2D eigenvalue weighted by molar-refractivity contribution is 5.97. The van der Waals surface area contributed by atoms with Crippen molar-refractivity contribution in [2.24, 2.45) is 11.8 Å². The third-order valence-electron chi connectivity index (χ3n) is 10.3. The normalized spacial score (nSPS) is 16.7. The van der Waals surface area contributed by atoms with Crippen molar-refractivity contribution in [1.82, 2.24) is 41.7 Å². The fraction of sp³-hybridized carbons (Fsp3) is 0.619. The summed E-state index contributed by atoms with van der Waals surface area (Å²) >= 11 is 0. The highest BCUT2D eigenvalue weighted by atomic mass is 16.5. The highest BCUT2D eigenvalue weighted by Crippen LogP contribution is 2.25. The van der Waals surface area contributed by atoms with Crippen LogP contribution >= 0.6 is 0 Å². The first-order valence-corrected chi connectivity index (χ1v) is 21.5. The number of esters is 1. The van der Waals surface area contributed by atoms with Crippen molar-refractivity contribution >= 4 is 59.4 Å². The number of likely N-dealkylation sites (tertiary alicyclic amines) is 1. The lowest BCUT2D eigenvalue weighted by Crippen LogP contribution is -2.62. The molecule has 0 radical (unpaired) electrons. The molecule has 0 spiro atoms. The van der Waals surface area contributed by atoms with Gasteiger partial charge in [-0.1, -0.05) is 71.4 Å². The van der Waals surface area contributed by atoms with Crippen LogP contribution in [0.3, 0.4) is 0 Å². The quantitative estimate of drug-likeness (QED) is 0.0371. The summed E-state index contributed by atoms with van der Waals surface area (Å²) in [5.41, 5.74) is 3.35. The van der Waals surface area contributed by atoms with Gasteiger partial charge in [0.2, 0.25) is 23.6 Å². The monoisotopic (exact) mass is 920 g/mol. The Kier molecular flexibility index (Phi) is 22.8. The minimum Gasteiger partial charge on any atom is -0.481 e. The number of hydroxylamine groups is 2. The zero-order valence-electron chi connectivity index (χ0n) is 37.9. The topological polar surface area (TPSA) is 320 Å². The smallest absolute Gasteiger partial charge is 0.336 e. The van der Waals surface area contributed by atoms with Crippen LogP contribution < -0.4 is 26.7 Å². The van der Waals surface area contributed by atoms with Crippen molar-refractivity contribution in [3.63, 3.8) is 0 Å². The summed E-state index contributed by atoms with van der Waals surface area (Å²) < 4.78 is 11.0. The Bertz CT molecular complexity index is 1820. The molecule has 7 atom stereocenters. The van der Waals surface area contributed by atoms with Gasteiger partial charge < -0.3 is 45.9 Å². The first-order chi connectivity index (χ1) is 30.6. The van der Waals surface area contributed by atoms with Gasteiger partial charge in [0, 0.05) is 32.9 Å². The number of ether oxygens (including phenoxy) is 2. The van der Waals surface area contributed by atoms with Crippen LogP contribution in [0.15, 0.2) is 30.3 Å². The van der Waals surface area contributed by atoms with Crippen LogP contribution in [0.4, 0.5) is 4.79 Å². The van der Waals surface area contributed by atoms with E-state index in [1.165, 1.54) is 11.8 Å². The largest absolute Gasteiger partial charge is 0.481 e. The molecule has 0 unspecified atom stereocenters. The number of carboxylic acid groups (broad SMARTS) is 2. The minimum atomic E-state index is -1.83. The molecule has 23 heteroatoms. The molecule has 1 aromatic carbocycles. The van der Waals surface area contributed by atoms with Crippen LogP contribution in [-0.2, 0) is 59.2 Å². The van der Waals surface area contributed by atoms with Crippen LogP contribution in [0.25, 0.3) is 0 Å². The number of hydrogen-bond donors (Lipinski definition) is 8. The van der Waals surface area contributed by atoms with E-state index in [1.807, 2.05) is 30.3 Å². The molecule has 1 aliphatic rings. The van der Waals surface area contributed by atoms with E-state index in [4.69, 9.17) is 9.47 Å². The average Bonchev–Trinajstić information content (AvgIpc) is 3.69.